The Balaban J connectivity index is 0.657. The number of alkyl carbamates (subject to hydrolysis) is 1. The number of fused-ring (bicyclic) bond motifs is 7. The summed E-state index contributed by atoms with van der Waals surface area (Å²) >= 11 is 0. The number of benzene rings is 3. The third-order valence-corrected chi connectivity index (χ3v) is 25.7. The number of anilines is 2. The Kier molecular flexibility index (Phi) is 36.3. The van der Waals surface area contributed by atoms with E-state index in [4.69, 9.17) is 44.4 Å². The Morgan fingerprint density at radius 1 is 0.598 bits per heavy atom. The lowest BCUT2D eigenvalue weighted by Crippen LogP contribution is -2.60. The molecule has 122 heavy (non-hydrogen) atoms. The maximum absolute atomic E-state index is 14.8. The number of rotatable bonds is 46. The molecule has 11 atom stereocenters. The number of nitrogens with zero attached hydrogens (tertiary/aromatic N) is 3. The number of aryl methyl sites for hydroxylation is 2. The smallest absolute Gasteiger partial charge is 0.408 e. The summed E-state index contributed by atoms with van der Waals surface area (Å²) in [4.78, 5) is 134. The van der Waals surface area contributed by atoms with E-state index < -0.39 is 117 Å². The highest BCUT2D eigenvalue weighted by molar-refractivity contribution is 7.85. The topological polar surface area (TPSA) is 512 Å². The van der Waals surface area contributed by atoms with Crippen LogP contribution in [0.2, 0.25) is 0 Å². The minimum absolute atomic E-state index is 0.0252. The maximum Gasteiger partial charge on any atom is 0.408 e. The van der Waals surface area contributed by atoms with E-state index in [0.29, 0.717) is 120 Å². The van der Waals surface area contributed by atoms with Gasteiger partial charge in [0.1, 0.15) is 48.9 Å². The predicted octanol–water partition coefficient (Wildman–Crippen LogP) is 5.92. The van der Waals surface area contributed by atoms with E-state index in [-0.39, 0.29) is 106 Å². The molecule has 9 rings (SSSR count). The number of nitrogens with one attached hydrogen (secondary N) is 9. The van der Waals surface area contributed by atoms with Gasteiger partial charge in [-0.3, -0.25) is 48.2 Å². The molecule has 0 radical (unpaired) electrons. The molecule has 3 aromatic carbocycles. The van der Waals surface area contributed by atoms with Crippen LogP contribution in [0.5, 0.6) is 5.75 Å². The van der Waals surface area contributed by atoms with Crippen LogP contribution in [0.1, 0.15) is 209 Å². The molecule has 11 amide bonds. The number of carbonyl (C=O) groups is 10. The van der Waals surface area contributed by atoms with Gasteiger partial charge >= 0.3 is 12.1 Å². The summed E-state index contributed by atoms with van der Waals surface area (Å²) in [6, 6.07) is 12.1. The molecule has 0 spiro atoms. The summed E-state index contributed by atoms with van der Waals surface area (Å²) in [6.45, 7) is 13.8. The number of aromatic nitrogens is 3. The first-order valence-corrected chi connectivity index (χ1v) is 44.7. The molecule has 36 heteroatoms. The van der Waals surface area contributed by atoms with Gasteiger partial charge in [0.2, 0.25) is 47.3 Å². The molecule has 0 saturated heterocycles. The number of aliphatic hydroxyl groups is 1. The third kappa shape index (κ3) is 27.1. The first-order chi connectivity index (χ1) is 58.2. The summed E-state index contributed by atoms with van der Waals surface area (Å²) in [5.41, 5.74) is 16.4. The van der Waals surface area contributed by atoms with Crippen LogP contribution < -0.4 is 59.3 Å². The highest BCUT2D eigenvalue weighted by Gasteiger charge is 2.59. The average molecular weight is 1730 g/mol. The summed E-state index contributed by atoms with van der Waals surface area (Å²) in [7, 11) is -4.14. The quantitative estimate of drug-likeness (QED) is 0.0139. The van der Waals surface area contributed by atoms with E-state index in [0.717, 1.165) is 93.0 Å². The summed E-state index contributed by atoms with van der Waals surface area (Å²) in [6.07, 6.45) is 12.7. The second-order valence-corrected chi connectivity index (χ2v) is 35.7. The fourth-order valence-corrected chi connectivity index (χ4v) is 18.7. The zero-order chi connectivity index (χ0) is 88.2. The van der Waals surface area contributed by atoms with Gasteiger partial charge in [0.25, 0.3) is 10.1 Å². The van der Waals surface area contributed by atoms with Gasteiger partial charge in [0.05, 0.1) is 94.3 Å². The molecule has 674 valence electrons. The van der Waals surface area contributed by atoms with Crippen molar-refractivity contribution in [1.82, 2.24) is 52.2 Å². The predicted molar refractivity (Wildman–Crippen MR) is 451 cm³/mol. The van der Waals surface area contributed by atoms with Crippen LogP contribution in [-0.2, 0) is 120 Å². The number of amides is 11. The lowest BCUT2D eigenvalue weighted by Gasteiger charge is -2.56. The number of unbranched alkanes of at least 4 members (excludes halogenated alkanes) is 2. The van der Waals surface area contributed by atoms with Crippen molar-refractivity contribution in [1.29, 1.82) is 0 Å². The number of hydrogen-bond acceptors (Lipinski definition) is 23. The van der Waals surface area contributed by atoms with Crippen LogP contribution in [0.4, 0.5) is 21.0 Å². The van der Waals surface area contributed by atoms with Crippen molar-refractivity contribution in [2.24, 2.45) is 40.1 Å². The van der Waals surface area contributed by atoms with Crippen LogP contribution in [-0.4, -0.2) is 213 Å². The Hall–Kier alpha value is -9.27. The molecular weight excluding hydrogens is 1600 g/mol. The van der Waals surface area contributed by atoms with Gasteiger partial charge in [-0.15, -0.1) is 5.10 Å². The number of nitrogens with two attached hydrogens (primary N) is 2. The number of phenolic OH excluding ortho intramolecular Hbond substituents is 1. The van der Waals surface area contributed by atoms with Crippen LogP contribution in [0, 0.1) is 28.6 Å². The van der Waals surface area contributed by atoms with Crippen molar-refractivity contribution >= 4 is 80.9 Å². The van der Waals surface area contributed by atoms with Gasteiger partial charge < -0.3 is 92.6 Å². The number of primary amides is 1. The highest BCUT2D eigenvalue weighted by atomic mass is 32.2. The van der Waals surface area contributed by atoms with Crippen LogP contribution in [0.25, 0.3) is 0 Å². The van der Waals surface area contributed by atoms with E-state index in [1.807, 2.05) is 42.8 Å². The van der Waals surface area contributed by atoms with Crippen molar-refractivity contribution in [2.75, 3.05) is 102 Å². The minimum atomic E-state index is -4.14. The molecule has 2 fully saturated rings. The second kappa shape index (κ2) is 45.9. The van der Waals surface area contributed by atoms with Gasteiger partial charge in [-0.05, 0) is 189 Å². The summed E-state index contributed by atoms with van der Waals surface area (Å²) in [5.74, 6) is -4.69. The number of imide groups is 1. The molecule has 5 aliphatic rings. The Morgan fingerprint density at radius 2 is 1.19 bits per heavy atom. The Morgan fingerprint density at radius 3 is 1.82 bits per heavy atom. The Labute approximate surface area is 714 Å². The molecule has 1 heterocycles. The SMILES string of the molecule is CC(C)[C@H](NC(=O)[C@H](N)CCCCCNC(=O)COC1CCCCCc2c1nnn2CCOCCOCCOCCOCCC(=O)NCCS(=O)(=O)O)C(=O)N[C@@H](CCCNC(N)=O)C(=O)Nc1ccc(COC(=O)N[C@@H](CO)C(=O)Nc2ccc3c(c2)[C@@]2(C)CCC[C@](C)(C(=O)NC(=O)[C@@]4(C)CCC[C@]5(C)c6cc(O)ccc6CC[C@@H]45)[C@@H]2CC3)cc1. The molecular formula is C86H128N14O21S. The molecule has 2 saturated carbocycles. The van der Waals surface area contributed by atoms with Gasteiger partial charge in [-0.25, -0.2) is 14.3 Å². The fourth-order valence-electron chi connectivity index (χ4n) is 18.3. The van der Waals surface area contributed by atoms with Gasteiger partial charge in [-0.1, -0.05) is 110 Å². The van der Waals surface area contributed by atoms with Crippen LogP contribution in [0.15, 0.2) is 60.7 Å². The molecule has 0 aliphatic heterocycles. The lowest BCUT2D eigenvalue weighted by atomic mass is 9.49. The van der Waals surface area contributed by atoms with Crippen molar-refractivity contribution in [3.8, 4) is 5.75 Å². The van der Waals surface area contributed by atoms with Crippen LogP contribution >= 0.6 is 0 Å². The van der Waals surface area contributed by atoms with E-state index in [1.165, 1.54) is 5.56 Å². The molecule has 0 bridgehead atoms. The fraction of sp³-hybridized carbons (Fsp3) is 0.651. The largest absolute Gasteiger partial charge is 0.508 e. The van der Waals surface area contributed by atoms with Crippen molar-refractivity contribution in [3.63, 3.8) is 0 Å². The maximum atomic E-state index is 14.8. The molecule has 4 aromatic rings. The van der Waals surface area contributed by atoms with Gasteiger partial charge in [0.15, 0.2) is 0 Å². The zero-order valence-electron chi connectivity index (χ0n) is 71.4. The monoisotopic (exact) mass is 1720 g/mol. The zero-order valence-corrected chi connectivity index (χ0v) is 72.2. The number of ether oxygens (including phenoxy) is 6. The molecule has 5 aliphatic carbocycles. The normalized spacial score (nSPS) is 22.0. The summed E-state index contributed by atoms with van der Waals surface area (Å²) < 4.78 is 65.8. The van der Waals surface area contributed by atoms with Gasteiger partial charge in [-0.2, -0.15) is 8.42 Å². The first kappa shape index (κ1) is 96.5. The average Bonchev–Trinajstić information content (AvgIpc) is 0.820. The summed E-state index contributed by atoms with van der Waals surface area (Å²) in [5, 5.41) is 54.2. The van der Waals surface area contributed by atoms with Crippen molar-refractivity contribution in [2.45, 2.75) is 237 Å². The first-order valence-electron chi connectivity index (χ1n) is 43.0. The highest BCUT2D eigenvalue weighted by Crippen LogP contribution is 2.60. The Bertz CT molecular complexity index is 4340. The number of urea groups is 1. The van der Waals surface area contributed by atoms with E-state index in [9.17, 15) is 66.6 Å². The molecule has 1 unspecified atom stereocenters. The van der Waals surface area contributed by atoms with Gasteiger partial charge in [0, 0.05) is 37.4 Å². The molecule has 35 nitrogen and oxygen atoms in total. The van der Waals surface area contributed by atoms with E-state index >= 15 is 0 Å². The standard InChI is InChI=1S/C86H128N14O21S/c1-55(2)73(96-75(105)64(87)16-9-8-12-37-89-72(104)54-120-68-19-11-7-10-18-67-74(68)98-99-100(67)40-42-117-44-46-119-48-47-118-45-43-116-41-32-71(103)90-39-49-122(113,114)115)78(108)94-65(17-13-38-91-81(88)111)76(106)92-59-26-20-56(21-27-59)53-121-82(112)95-66(52-101)77(107)93-60-28-22-57-24-30-69-83(3,62(57)50-60)33-14-35-85(69,5)79(109)97-80(110)86(6)36-15-34-84(4)63-51-61(102)29-23-58(63)25-31-70(84)86/h20-23,26-29,50-51,55,64-66,68-70,73,101-102H,7-19,24-25,30-49,52-54,87H2,1-6H3,(H,89,104)(H,90,103)(H,92,106)(H,93,107)(H,94,108)(H,95,112)(H,96,105)(H3,88,91,111)(H,97,109,110)(H,113,114,115)/t64-,65+,66+,68?,69-,70-,73+,83-,84-,85+,86+/m1/s1. The van der Waals surface area contributed by atoms with E-state index in [1.54, 1.807) is 50.2 Å². The number of aromatic hydroxyl groups is 1. The number of phenols is 1. The second-order valence-electron chi connectivity index (χ2n) is 34.1. The van der Waals surface area contributed by atoms with E-state index in [2.05, 4.69) is 72.0 Å². The van der Waals surface area contributed by atoms with Crippen molar-refractivity contribution in [3.05, 3.63) is 99.9 Å². The lowest BCUT2D eigenvalue weighted by molar-refractivity contribution is -0.150. The third-order valence-electron chi connectivity index (χ3n) is 25.0. The number of aliphatic hydroxyl groups excluding tert-OH is 1. The number of hydrogen-bond donors (Lipinski definition) is 14. The molecule has 1 aromatic heterocycles. The minimum Gasteiger partial charge on any atom is -0.508 e. The van der Waals surface area contributed by atoms with Crippen molar-refractivity contribution < 1.29 is 99.6 Å². The number of carbonyl (C=O) groups excluding carboxylic acids is 10. The van der Waals surface area contributed by atoms with Crippen LogP contribution in [0.3, 0.4) is 0 Å². The molecule has 16 N–H and O–H groups in total.